The Morgan fingerprint density at radius 2 is 2.00 bits per heavy atom. The first-order chi connectivity index (χ1) is 10.1. The van der Waals surface area contributed by atoms with Crippen LogP contribution in [0, 0.1) is 10.1 Å². The van der Waals surface area contributed by atoms with Gasteiger partial charge in [0, 0.05) is 28.3 Å². The number of fused-ring (bicyclic) bond motifs is 1. The molecule has 0 bridgehead atoms. The summed E-state index contributed by atoms with van der Waals surface area (Å²) in [5.74, 6) is 0.354. The van der Waals surface area contributed by atoms with Gasteiger partial charge in [0.05, 0.1) is 4.92 Å². The Kier molecular flexibility index (Phi) is 3.49. The highest BCUT2D eigenvalue weighted by atomic mass is 79.9. The summed E-state index contributed by atoms with van der Waals surface area (Å²) in [5.41, 5.74) is 0.413. The molecule has 21 heavy (non-hydrogen) atoms. The van der Waals surface area contributed by atoms with E-state index >= 15 is 0 Å². The number of hydrogen-bond acceptors (Lipinski definition) is 5. The monoisotopic (exact) mass is 345 g/mol. The summed E-state index contributed by atoms with van der Waals surface area (Å²) in [6.45, 7) is 0. The number of halogens is 1. The van der Waals surface area contributed by atoms with Gasteiger partial charge in [-0.3, -0.25) is 15.1 Å². The van der Waals surface area contributed by atoms with Crippen LogP contribution in [-0.4, -0.2) is 14.9 Å². The minimum absolute atomic E-state index is 0.0682. The summed E-state index contributed by atoms with van der Waals surface area (Å²) < 4.78 is 6.11. The van der Waals surface area contributed by atoms with Gasteiger partial charge in [-0.05, 0) is 28.1 Å². The average molecular weight is 346 g/mol. The molecule has 0 aliphatic rings. The highest BCUT2D eigenvalue weighted by molar-refractivity contribution is 9.10. The molecule has 2 aromatic heterocycles. The van der Waals surface area contributed by atoms with Gasteiger partial charge >= 0.3 is 5.69 Å². The van der Waals surface area contributed by atoms with Crippen molar-refractivity contribution in [2.75, 3.05) is 0 Å². The summed E-state index contributed by atoms with van der Waals surface area (Å²) in [6, 6.07) is 10.4. The van der Waals surface area contributed by atoms with Crippen LogP contribution in [0.25, 0.3) is 10.9 Å². The van der Waals surface area contributed by atoms with Crippen molar-refractivity contribution in [1.29, 1.82) is 0 Å². The maximum Gasteiger partial charge on any atom is 0.332 e. The van der Waals surface area contributed by atoms with Crippen molar-refractivity contribution in [1.82, 2.24) is 9.97 Å². The van der Waals surface area contributed by atoms with Crippen LogP contribution in [0.4, 0.5) is 5.69 Å². The molecule has 0 N–H and O–H groups in total. The zero-order valence-electron chi connectivity index (χ0n) is 10.6. The van der Waals surface area contributed by atoms with Crippen molar-refractivity contribution in [3.05, 3.63) is 63.4 Å². The molecule has 2 heterocycles. The summed E-state index contributed by atoms with van der Waals surface area (Å²) in [4.78, 5) is 18.7. The Hall–Kier alpha value is -2.54. The van der Waals surface area contributed by atoms with Crippen LogP contribution in [0.1, 0.15) is 0 Å². The van der Waals surface area contributed by atoms with Crippen molar-refractivity contribution in [2.45, 2.75) is 0 Å². The maximum absolute atomic E-state index is 11.1. The second-order valence-electron chi connectivity index (χ2n) is 4.17. The Bertz CT molecular complexity index is 833. The smallest absolute Gasteiger partial charge is 0.332 e. The van der Waals surface area contributed by atoms with E-state index in [1.807, 2.05) is 18.2 Å². The van der Waals surface area contributed by atoms with E-state index in [1.165, 1.54) is 12.3 Å². The van der Waals surface area contributed by atoms with Gasteiger partial charge < -0.3 is 4.74 Å². The molecule has 3 rings (SSSR count). The number of hydrogen-bond donors (Lipinski definition) is 0. The molecule has 0 aliphatic carbocycles. The molecular formula is C14H8BrN3O3. The van der Waals surface area contributed by atoms with Gasteiger partial charge in [0.2, 0.25) is 0 Å². The first-order valence-electron chi connectivity index (χ1n) is 5.96. The fourth-order valence-corrected chi connectivity index (χ4v) is 2.21. The first-order valence-corrected chi connectivity index (χ1v) is 6.76. The van der Waals surface area contributed by atoms with Gasteiger partial charge in [-0.25, -0.2) is 4.98 Å². The number of para-hydroxylation sites is 1. The molecule has 3 aromatic rings. The number of rotatable bonds is 3. The van der Waals surface area contributed by atoms with E-state index in [2.05, 4.69) is 25.9 Å². The molecule has 0 aliphatic heterocycles. The molecule has 0 spiro atoms. The van der Waals surface area contributed by atoms with E-state index in [0.29, 0.717) is 15.7 Å². The Labute approximate surface area is 127 Å². The second-order valence-corrected chi connectivity index (χ2v) is 5.08. The predicted octanol–water partition coefficient (Wildman–Crippen LogP) is 4.09. The zero-order chi connectivity index (χ0) is 14.8. The second kappa shape index (κ2) is 5.45. The van der Waals surface area contributed by atoms with E-state index in [4.69, 9.17) is 4.74 Å². The number of ether oxygens (including phenoxy) is 1. The van der Waals surface area contributed by atoms with Gasteiger partial charge in [-0.15, -0.1) is 0 Å². The highest BCUT2D eigenvalue weighted by Gasteiger charge is 2.19. The van der Waals surface area contributed by atoms with Crippen molar-refractivity contribution in [2.24, 2.45) is 0 Å². The third-order valence-corrected chi connectivity index (χ3v) is 3.23. The molecule has 0 fully saturated rings. The van der Waals surface area contributed by atoms with Gasteiger partial charge in [0.25, 0.3) is 5.88 Å². The quantitative estimate of drug-likeness (QED) is 0.527. The lowest BCUT2D eigenvalue weighted by molar-refractivity contribution is -0.386. The molecule has 0 radical (unpaired) electrons. The SMILES string of the molecule is O=[N+]([O-])c1cc(Br)cnc1Oc1cccc2cccnc12. The normalized spacial score (nSPS) is 10.5. The van der Waals surface area contributed by atoms with E-state index in [9.17, 15) is 10.1 Å². The summed E-state index contributed by atoms with van der Waals surface area (Å²) in [7, 11) is 0. The Morgan fingerprint density at radius 1 is 1.19 bits per heavy atom. The third-order valence-electron chi connectivity index (χ3n) is 2.80. The van der Waals surface area contributed by atoms with Crippen LogP contribution in [0.5, 0.6) is 11.6 Å². The van der Waals surface area contributed by atoms with Crippen LogP contribution < -0.4 is 4.74 Å². The Morgan fingerprint density at radius 3 is 2.81 bits per heavy atom. The van der Waals surface area contributed by atoms with Gasteiger partial charge in [0.15, 0.2) is 5.75 Å². The standard InChI is InChI=1S/C14H8BrN3O3/c15-10-7-11(18(19)20)14(17-8-10)21-12-5-1-3-9-4-2-6-16-13(9)12/h1-8H. The van der Waals surface area contributed by atoms with Crippen LogP contribution in [0.3, 0.4) is 0 Å². The molecule has 0 atom stereocenters. The van der Waals surface area contributed by atoms with E-state index < -0.39 is 4.92 Å². The minimum atomic E-state index is -0.536. The zero-order valence-corrected chi connectivity index (χ0v) is 12.1. The van der Waals surface area contributed by atoms with Gasteiger partial charge in [-0.1, -0.05) is 18.2 Å². The van der Waals surface area contributed by atoms with Crippen molar-refractivity contribution in [3.8, 4) is 11.6 Å². The minimum Gasteiger partial charge on any atom is -0.431 e. The maximum atomic E-state index is 11.1. The molecule has 1 aromatic carbocycles. The highest BCUT2D eigenvalue weighted by Crippen LogP contribution is 2.33. The van der Waals surface area contributed by atoms with Gasteiger partial charge in [0.1, 0.15) is 5.52 Å². The van der Waals surface area contributed by atoms with Crippen LogP contribution in [0.2, 0.25) is 0 Å². The molecule has 6 nitrogen and oxygen atoms in total. The Balaban J connectivity index is 2.09. The average Bonchev–Trinajstić information content (AvgIpc) is 2.49. The lowest BCUT2D eigenvalue weighted by atomic mass is 10.2. The number of pyridine rings is 2. The van der Waals surface area contributed by atoms with Crippen molar-refractivity contribution < 1.29 is 9.66 Å². The topological polar surface area (TPSA) is 78.2 Å². The summed E-state index contributed by atoms with van der Waals surface area (Å²) >= 11 is 3.15. The predicted molar refractivity (Wildman–Crippen MR) is 80.4 cm³/mol. The lowest BCUT2D eigenvalue weighted by Crippen LogP contribution is -1.96. The fourth-order valence-electron chi connectivity index (χ4n) is 1.89. The molecule has 0 amide bonds. The third kappa shape index (κ3) is 2.68. The number of nitrogens with zero attached hydrogens (tertiary/aromatic N) is 3. The number of nitro groups is 1. The number of benzene rings is 1. The molecule has 0 unspecified atom stereocenters. The van der Waals surface area contributed by atoms with Crippen LogP contribution in [0.15, 0.2) is 53.3 Å². The van der Waals surface area contributed by atoms with E-state index in [0.717, 1.165) is 5.39 Å². The molecule has 0 saturated carbocycles. The summed E-state index contributed by atoms with van der Waals surface area (Å²) in [5, 5.41) is 12.0. The lowest BCUT2D eigenvalue weighted by Gasteiger charge is -2.07. The molecule has 104 valence electrons. The van der Waals surface area contributed by atoms with Crippen molar-refractivity contribution in [3.63, 3.8) is 0 Å². The van der Waals surface area contributed by atoms with Crippen molar-refractivity contribution >= 4 is 32.5 Å². The molecule has 7 heteroatoms. The molecular weight excluding hydrogens is 338 g/mol. The van der Waals surface area contributed by atoms with E-state index in [1.54, 1.807) is 18.3 Å². The van der Waals surface area contributed by atoms with E-state index in [-0.39, 0.29) is 11.6 Å². The first kappa shape index (κ1) is 13.4. The molecule has 0 saturated heterocycles. The largest absolute Gasteiger partial charge is 0.431 e. The number of aromatic nitrogens is 2. The fraction of sp³-hybridized carbons (Fsp3) is 0. The van der Waals surface area contributed by atoms with Gasteiger partial charge in [-0.2, -0.15) is 0 Å². The van der Waals surface area contributed by atoms with Crippen LogP contribution in [-0.2, 0) is 0 Å². The summed E-state index contributed by atoms with van der Waals surface area (Å²) in [6.07, 6.45) is 3.08. The van der Waals surface area contributed by atoms with Crippen LogP contribution >= 0.6 is 15.9 Å².